The number of rotatable bonds is 7. The number of amides is 1. The Hall–Kier alpha value is -2.38. The highest BCUT2D eigenvalue weighted by molar-refractivity contribution is 7.99. The average molecular weight is 621 g/mol. The van der Waals surface area contributed by atoms with Crippen LogP contribution in [0.3, 0.4) is 0 Å². The van der Waals surface area contributed by atoms with Crippen molar-refractivity contribution >= 4 is 41.1 Å². The lowest BCUT2D eigenvalue weighted by Gasteiger charge is -2.43. The summed E-state index contributed by atoms with van der Waals surface area (Å²) in [7, 11) is 0. The van der Waals surface area contributed by atoms with Gasteiger partial charge in [-0.05, 0) is 53.0 Å². The molecule has 3 saturated heterocycles. The first-order chi connectivity index (χ1) is 20.0. The molecule has 0 aromatic carbocycles. The molecule has 13 heteroatoms. The van der Waals surface area contributed by atoms with Crippen LogP contribution in [-0.2, 0) is 16.1 Å². The molecule has 2 aromatic heterocycles. The largest absolute Gasteiger partial charge is 0.444 e. The van der Waals surface area contributed by atoms with Crippen molar-refractivity contribution in [2.45, 2.75) is 81.2 Å². The molecule has 3 N–H and O–H groups in total. The number of alkyl carbamates (subject to hydrolysis) is 1. The van der Waals surface area contributed by atoms with Crippen molar-refractivity contribution in [3.63, 3.8) is 0 Å². The molecule has 0 saturated carbocycles. The molecule has 1 spiro atoms. The van der Waals surface area contributed by atoms with Gasteiger partial charge >= 0.3 is 6.09 Å². The lowest BCUT2D eigenvalue weighted by Crippen LogP contribution is -2.55. The summed E-state index contributed by atoms with van der Waals surface area (Å²) in [6, 6.07) is 1.70. The highest BCUT2D eigenvalue weighted by Crippen LogP contribution is 2.44. The van der Waals surface area contributed by atoms with E-state index in [2.05, 4.69) is 20.1 Å². The van der Waals surface area contributed by atoms with Gasteiger partial charge in [0.1, 0.15) is 22.1 Å². The Morgan fingerprint density at radius 1 is 1.21 bits per heavy atom. The second kappa shape index (κ2) is 12.7. The number of nitrogens with one attached hydrogen (secondary N) is 1. The van der Waals surface area contributed by atoms with Crippen LogP contribution < -0.4 is 15.1 Å². The van der Waals surface area contributed by atoms with Gasteiger partial charge in [-0.2, -0.15) is 0 Å². The SMILES string of the molecule is C[C@@H]1OCC2(CCN(c3ncc(Sc4ccnc(N5CCC(CO)C5)c4Cl)nc3CO)CC2)[C@@H]1NC(=O)OC(C)(C)C. The number of aliphatic hydroxyl groups excluding tert-OH is 2. The Balaban J connectivity index is 1.26. The van der Waals surface area contributed by atoms with Crippen LogP contribution in [0.25, 0.3) is 0 Å². The van der Waals surface area contributed by atoms with Gasteiger partial charge in [-0.15, -0.1) is 0 Å². The van der Waals surface area contributed by atoms with Gasteiger partial charge < -0.3 is 34.8 Å². The van der Waals surface area contributed by atoms with Crippen molar-refractivity contribution in [3.8, 4) is 0 Å². The molecule has 11 nitrogen and oxygen atoms in total. The standard InChI is InChI=1S/C29H41ClN6O5S/c1-18-24(34-27(39)41-28(2,3)4)29(17-40-18)7-11-35(12-8-29)25-20(16-38)33-22(13-32-25)42-21-5-9-31-26(23(21)30)36-10-6-19(14-36)15-37/h5,9,13,18-19,24,37-38H,6-8,10-12,14-17H2,1-4H3,(H,34,39)/t18-,19?,24+/m0/s1. The van der Waals surface area contributed by atoms with E-state index >= 15 is 0 Å². The number of hydrogen-bond acceptors (Lipinski definition) is 11. The fourth-order valence-electron chi connectivity index (χ4n) is 6.13. The molecule has 3 fully saturated rings. The molecule has 0 bridgehead atoms. The van der Waals surface area contributed by atoms with E-state index < -0.39 is 11.7 Å². The predicted molar refractivity (Wildman–Crippen MR) is 161 cm³/mol. The molecule has 3 aliphatic rings. The van der Waals surface area contributed by atoms with Gasteiger partial charge in [0, 0.05) is 55.2 Å². The van der Waals surface area contributed by atoms with Crippen LogP contribution in [0.2, 0.25) is 5.02 Å². The number of halogens is 1. The lowest BCUT2D eigenvalue weighted by atomic mass is 9.73. The molecular formula is C29H41ClN6O5S. The number of piperidine rings is 1. The summed E-state index contributed by atoms with van der Waals surface area (Å²) < 4.78 is 11.5. The molecule has 0 radical (unpaired) electrons. The quantitative estimate of drug-likeness (QED) is 0.416. The summed E-state index contributed by atoms with van der Waals surface area (Å²) in [5, 5.41) is 24.0. The minimum Gasteiger partial charge on any atom is -0.444 e. The Labute approximate surface area is 256 Å². The minimum atomic E-state index is -0.573. The number of carbonyl (C=O) groups excluding carboxylic acids is 1. The van der Waals surface area contributed by atoms with Crippen LogP contribution in [0, 0.1) is 11.3 Å². The van der Waals surface area contributed by atoms with Crippen LogP contribution >= 0.6 is 23.4 Å². The molecule has 230 valence electrons. The summed E-state index contributed by atoms with van der Waals surface area (Å²) in [4.78, 5) is 31.6. The Bertz CT molecular complexity index is 1270. The van der Waals surface area contributed by atoms with Crippen molar-refractivity contribution in [3.05, 3.63) is 29.2 Å². The van der Waals surface area contributed by atoms with Crippen molar-refractivity contribution in [2.75, 3.05) is 49.2 Å². The van der Waals surface area contributed by atoms with Crippen LogP contribution in [-0.4, -0.2) is 88.4 Å². The second-order valence-electron chi connectivity index (χ2n) is 12.5. The lowest BCUT2D eigenvalue weighted by molar-refractivity contribution is 0.0434. The number of hydrogen-bond donors (Lipinski definition) is 3. The predicted octanol–water partition coefficient (Wildman–Crippen LogP) is 3.89. The van der Waals surface area contributed by atoms with Crippen molar-refractivity contribution < 1.29 is 24.5 Å². The van der Waals surface area contributed by atoms with Gasteiger partial charge in [-0.1, -0.05) is 23.4 Å². The van der Waals surface area contributed by atoms with E-state index in [1.54, 1.807) is 12.4 Å². The minimum absolute atomic E-state index is 0.115. The van der Waals surface area contributed by atoms with E-state index in [1.807, 2.05) is 33.8 Å². The van der Waals surface area contributed by atoms with Crippen molar-refractivity contribution in [1.29, 1.82) is 0 Å². The number of anilines is 2. The molecular weight excluding hydrogens is 580 g/mol. The summed E-state index contributed by atoms with van der Waals surface area (Å²) in [6.45, 7) is 10.9. The number of aliphatic hydroxyl groups is 2. The van der Waals surface area contributed by atoms with E-state index in [4.69, 9.17) is 31.0 Å². The Morgan fingerprint density at radius 3 is 2.64 bits per heavy atom. The number of nitrogens with zero attached hydrogens (tertiary/aromatic N) is 5. The van der Waals surface area contributed by atoms with E-state index in [-0.39, 0.29) is 36.7 Å². The summed E-state index contributed by atoms with van der Waals surface area (Å²) in [5.74, 6) is 1.59. The first-order valence-corrected chi connectivity index (χ1v) is 15.7. The van der Waals surface area contributed by atoms with E-state index in [1.165, 1.54) is 11.8 Å². The average Bonchev–Trinajstić information content (AvgIpc) is 3.55. The van der Waals surface area contributed by atoms with Gasteiger partial charge in [0.25, 0.3) is 0 Å². The molecule has 1 unspecified atom stereocenters. The third kappa shape index (κ3) is 6.72. The maximum absolute atomic E-state index is 12.6. The molecule has 3 aliphatic heterocycles. The highest BCUT2D eigenvalue weighted by Gasteiger charge is 2.50. The van der Waals surface area contributed by atoms with Crippen molar-refractivity contribution in [1.82, 2.24) is 20.3 Å². The van der Waals surface area contributed by atoms with Gasteiger partial charge in [0.05, 0.1) is 36.6 Å². The van der Waals surface area contributed by atoms with Crippen LogP contribution in [0.5, 0.6) is 0 Å². The van der Waals surface area contributed by atoms with E-state index in [0.717, 1.165) is 37.2 Å². The van der Waals surface area contributed by atoms with Crippen LogP contribution in [0.15, 0.2) is 28.4 Å². The van der Waals surface area contributed by atoms with Gasteiger partial charge in [-0.3, -0.25) is 0 Å². The second-order valence-corrected chi connectivity index (χ2v) is 13.9. The molecule has 42 heavy (non-hydrogen) atoms. The zero-order valence-electron chi connectivity index (χ0n) is 24.7. The summed E-state index contributed by atoms with van der Waals surface area (Å²) in [5.41, 5.74) is -0.264. The fourth-order valence-corrected chi connectivity index (χ4v) is 7.27. The number of ether oxygens (including phenoxy) is 2. The number of pyridine rings is 1. The third-order valence-corrected chi connectivity index (χ3v) is 9.79. The first-order valence-electron chi connectivity index (χ1n) is 14.5. The van der Waals surface area contributed by atoms with Crippen LogP contribution in [0.1, 0.15) is 52.7 Å². The van der Waals surface area contributed by atoms with Gasteiger partial charge in [-0.25, -0.2) is 19.7 Å². The van der Waals surface area contributed by atoms with Crippen LogP contribution in [0.4, 0.5) is 16.4 Å². The third-order valence-electron chi connectivity index (χ3n) is 8.34. The molecule has 2 aromatic rings. The number of carbonyl (C=O) groups is 1. The summed E-state index contributed by atoms with van der Waals surface area (Å²) in [6.07, 6.45) is 5.40. The number of aromatic nitrogens is 3. The topological polar surface area (TPSA) is 133 Å². The normalized spacial score (nSPS) is 23.9. The molecule has 5 rings (SSSR count). The molecule has 3 atom stereocenters. The molecule has 5 heterocycles. The summed E-state index contributed by atoms with van der Waals surface area (Å²) >= 11 is 8.15. The van der Waals surface area contributed by atoms with Gasteiger partial charge in [0.15, 0.2) is 5.82 Å². The zero-order chi connectivity index (χ0) is 30.1. The fraction of sp³-hybridized carbons (Fsp3) is 0.655. The van der Waals surface area contributed by atoms with Crippen molar-refractivity contribution in [2.24, 2.45) is 11.3 Å². The molecule has 1 amide bonds. The van der Waals surface area contributed by atoms with E-state index in [9.17, 15) is 15.0 Å². The van der Waals surface area contributed by atoms with E-state index in [0.29, 0.717) is 47.1 Å². The molecule has 0 aliphatic carbocycles. The monoisotopic (exact) mass is 620 g/mol. The maximum atomic E-state index is 12.6. The zero-order valence-corrected chi connectivity index (χ0v) is 26.2. The Kier molecular flexibility index (Phi) is 9.39. The smallest absolute Gasteiger partial charge is 0.407 e. The highest BCUT2D eigenvalue weighted by atomic mass is 35.5. The first kappa shape index (κ1) is 31.1. The maximum Gasteiger partial charge on any atom is 0.407 e. The van der Waals surface area contributed by atoms with Gasteiger partial charge in [0.2, 0.25) is 0 Å². The Morgan fingerprint density at radius 2 is 1.98 bits per heavy atom.